The van der Waals surface area contributed by atoms with Crippen LogP contribution in [0.25, 0.3) is 87.4 Å². The van der Waals surface area contributed by atoms with Gasteiger partial charge >= 0.3 is 0 Å². The minimum atomic E-state index is 0.561. The van der Waals surface area contributed by atoms with Gasteiger partial charge in [0.1, 0.15) is 11.2 Å². The summed E-state index contributed by atoms with van der Waals surface area (Å²) >= 11 is 1.82. The number of fused-ring (bicyclic) bond motifs is 6. The highest BCUT2D eigenvalue weighted by molar-refractivity contribution is 7.26. The summed E-state index contributed by atoms with van der Waals surface area (Å²) in [5.41, 5.74) is 9.61. The summed E-state index contributed by atoms with van der Waals surface area (Å²) in [6.45, 7) is 0. The maximum Gasteiger partial charge on any atom is 0.164 e. The van der Waals surface area contributed by atoms with Crippen LogP contribution in [0.2, 0.25) is 0 Å². The van der Waals surface area contributed by atoms with Gasteiger partial charge in [0.2, 0.25) is 0 Å². The number of thiophene rings is 1. The van der Waals surface area contributed by atoms with Gasteiger partial charge in [0.05, 0.1) is 21.5 Å². The monoisotopic (exact) mass is 748 g/mol. The van der Waals surface area contributed by atoms with Gasteiger partial charge in [0.15, 0.2) is 17.5 Å². The van der Waals surface area contributed by atoms with E-state index in [4.69, 9.17) is 19.4 Å². The Labute approximate surface area is 332 Å². The summed E-state index contributed by atoms with van der Waals surface area (Å²) in [5, 5.41) is 4.52. The number of rotatable bonds is 7. The molecule has 8 aromatic carbocycles. The van der Waals surface area contributed by atoms with E-state index in [2.05, 4.69) is 126 Å². The number of hydrogen-bond donors (Lipinski definition) is 0. The lowest BCUT2D eigenvalue weighted by molar-refractivity contribution is 0.669. The lowest BCUT2D eigenvalue weighted by Crippen LogP contribution is -2.11. The highest BCUT2D eigenvalue weighted by Crippen LogP contribution is 2.49. The summed E-state index contributed by atoms with van der Waals surface area (Å²) in [5.74, 6) is 1.77. The SMILES string of the molecule is c1ccc(-c2ccc(N(c3cccc4c3sc3ccccc34)c3cc(-c4nc(-c5ccccc5)nc(-c5ccccc5)n4)cc4oc5ccccc5c34)cc2)cc1. The second kappa shape index (κ2) is 13.7. The second-order valence-electron chi connectivity index (χ2n) is 14.0. The molecular formula is C51H32N4OS. The lowest BCUT2D eigenvalue weighted by Gasteiger charge is -2.27. The molecule has 5 nitrogen and oxygen atoms in total. The Morgan fingerprint density at radius 1 is 0.386 bits per heavy atom. The molecule has 0 saturated carbocycles. The van der Waals surface area contributed by atoms with E-state index >= 15 is 0 Å². The summed E-state index contributed by atoms with van der Waals surface area (Å²) in [7, 11) is 0. The maximum atomic E-state index is 6.72. The van der Waals surface area contributed by atoms with Crippen molar-refractivity contribution >= 4 is 70.5 Å². The topological polar surface area (TPSA) is 55.1 Å². The molecule has 3 heterocycles. The third-order valence-corrected chi connectivity index (χ3v) is 11.7. The molecule has 0 saturated heterocycles. The number of hydrogen-bond acceptors (Lipinski definition) is 6. The number of nitrogens with zero attached hydrogens (tertiary/aromatic N) is 4. The number of anilines is 3. The average molecular weight is 749 g/mol. The van der Waals surface area contributed by atoms with E-state index < -0.39 is 0 Å². The largest absolute Gasteiger partial charge is 0.456 e. The second-order valence-corrected chi connectivity index (χ2v) is 15.1. The highest BCUT2D eigenvalue weighted by Gasteiger charge is 2.25. The van der Waals surface area contributed by atoms with E-state index in [9.17, 15) is 0 Å². The normalized spacial score (nSPS) is 11.5. The summed E-state index contributed by atoms with van der Waals surface area (Å²) < 4.78 is 9.18. The van der Waals surface area contributed by atoms with Gasteiger partial charge in [-0.2, -0.15) is 0 Å². The molecule has 0 aliphatic carbocycles. The van der Waals surface area contributed by atoms with Crippen molar-refractivity contribution < 1.29 is 4.42 Å². The van der Waals surface area contributed by atoms with E-state index in [0.717, 1.165) is 61.3 Å². The zero-order chi connectivity index (χ0) is 37.7. The first-order valence-electron chi connectivity index (χ1n) is 18.9. The Kier molecular flexibility index (Phi) is 7.93. The molecule has 0 radical (unpaired) electrons. The van der Waals surface area contributed by atoms with Crippen molar-refractivity contribution in [3.8, 4) is 45.3 Å². The zero-order valence-corrected chi connectivity index (χ0v) is 31.4. The molecule has 11 rings (SSSR count). The molecule has 0 aliphatic heterocycles. The van der Waals surface area contributed by atoms with Gasteiger partial charge in [0, 0.05) is 43.2 Å². The maximum absolute atomic E-state index is 6.72. The zero-order valence-electron chi connectivity index (χ0n) is 30.6. The van der Waals surface area contributed by atoms with Gasteiger partial charge < -0.3 is 9.32 Å². The van der Waals surface area contributed by atoms with Gasteiger partial charge in [-0.25, -0.2) is 15.0 Å². The molecule has 6 heteroatoms. The van der Waals surface area contributed by atoms with Crippen LogP contribution in [0.15, 0.2) is 199 Å². The van der Waals surface area contributed by atoms with Crippen molar-refractivity contribution in [3.05, 3.63) is 194 Å². The fourth-order valence-corrected chi connectivity index (χ4v) is 9.03. The summed E-state index contributed by atoms with van der Waals surface area (Å²) in [4.78, 5) is 17.7. The van der Waals surface area contributed by atoms with Crippen LogP contribution in [-0.4, -0.2) is 15.0 Å². The number of benzene rings is 8. The third kappa shape index (κ3) is 5.82. The Morgan fingerprint density at radius 2 is 0.930 bits per heavy atom. The smallest absolute Gasteiger partial charge is 0.164 e. The first-order chi connectivity index (χ1) is 28.2. The Balaban J connectivity index is 1.21. The van der Waals surface area contributed by atoms with Gasteiger partial charge in [-0.3, -0.25) is 0 Å². The fourth-order valence-electron chi connectivity index (χ4n) is 7.83. The molecule has 3 aromatic heterocycles. The molecule has 0 spiro atoms. The molecule has 268 valence electrons. The molecule has 0 bridgehead atoms. The molecule has 0 fully saturated rings. The van der Waals surface area contributed by atoms with Gasteiger partial charge in [-0.15, -0.1) is 11.3 Å². The van der Waals surface area contributed by atoms with Crippen LogP contribution in [-0.2, 0) is 0 Å². The molecule has 0 amide bonds. The van der Waals surface area contributed by atoms with Gasteiger partial charge in [-0.1, -0.05) is 152 Å². The van der Waals surface area contributed by atoms with Crippen LogP contribution in [0.3, 0.4) is 0 Å². The van der Waals surface area contributed by atoms with Gasteiger partial charge in [-0.05, 0) is 53.6 Å². The van der Waals surface area contributed by atoms with Crippen LogP contribution in [0.4, 0.5) is 17.1 Å². The van der Waals surface area contributed by atoms with E-state index in [1.807, 2.05) is 84.1 Å². The predicted octanol–water partition coefficient (Wildman–Crippen LogP) is 14.3. The third-order valence-electron chi connectivity index (χ3n) is 10.5. The van der Waals surface area contributed by atoms with Crippen LogP contribution in [0.1, 0.15) is 0 Å². The average Bonchev–Trinajstić information content (AvgIpc) is 3.87. The minimum absolute atomic E-state index is 0.561. The van der Waals surface area contributed by atoms with Crippen molar-refractivity contribution in [1.82, 2.24) is 15.0 Å². The molecule has 0 unspecified atom stereocenters. The van der Waals surface area contributed by atoms with Crippen LogP contribution in [0, 0.1) is 0 Å². The predicted molar refractivity (Wildman–Crippen MR) is 236 cm³/mol. The highest BCUT2D eigenvalue weighted by atomic mass is 32.1. The molecular weight excluding hydrogens is 717 g/mol. The van der Waals surface area contributed by atoms with Crippen molar-refractivity contribution in [2.24, 2.45) is 0 Å². The van der Waals surface area contributed by atoms with Crippen molar-refractivity contribution in [1.29, 1.82) is 0 Å². The van der Waals surface area contributed by atoms with Gasteiger partial charge in [0.25, 0.3) is 0 Å². The van der Waals surface area contributed by atoms with E-state index in [0.29, 0.717) is 17.5 Å². The van der Waals surface area contributed by atoms with Crippen molar-refractivity contribution in [2.75, 3.05) is 4.90 Å². The standard InChI is InChI=1S/C51H32N4OS/c1-4-15-33(16-5-1)34-27-29-38(30-28-34)55(42-24-14-23-40-39-21-11-13-26-46(39)57-48(40)42)43-31-37(32-45-47(43)41-22-10-12-25-44(41)56-45)51-53-49(35-17-6-2-7-18-35)52-50(54-51)36-19-8-3-9-20-36/h1-32H. The lowest BCUT2D eigenvalue weighted by atomic mass is 10.0. The quantitative estimate of drug-likeness (QED) is 0.162. The molecule has 11 aromatic rings. The van der Waals surface area contributed by atoms with Crippen LogP contribution < -0.4 is 4.90 Å². The fraction of sp³-hybridized carbons (Fsp3) is 0. The number of aromatic nitrogens is 3. The van der Waals surface area contributed by atoms with E-state index in [1.165, 1.54) is 25.7 Å². The van der Waals surface area contributed by atoms with Crippen LogP contribution >= 0.6 is 11.3 Å². The van der Waals surface area contributed by atoms with E-state index in [1.54, 1.807) is 0 Å². The Morgan fingerprint density at radius 3 is 1.61 bits per heavy atom. The number of para-hydroxylation sites is 1. The number of furan rings is 1. The Bertz CT molecular complexity index is 3170. The molecule has 0 atom stereocenters. The van der Waals surface area contributed by atoms with E-state index in [-0.39, 0.29) is 0 Å². The minimum Gasteiger partial charge on any atom is -0.456 e. The molecule has 57 heavy (non-hydrogen) atoms. The summed E-state index contributed by atoms with van der Waals surface area (Å²) in [6.07, 6.45) is 0. The molecule has 0 aliphatic rings. The summed E-state index contributed by atoms with van der Waals surface area (Å²) in [6, 6.07) is 67.4. The van der Waals surface area contributed by atoms with Crippen molar-refractivity contribution in [3.63, 3.8) is 0 Å². The van der Waals surface area contributed by atoms with Crippen LogP contribution in [0.5, 0.6) is 0 Å². The molecule has 0 N–H and O–H groups in total. The first-order valence-corrected chi connectivity index (χ1v) is 19.8. The van der Waals surface area contributed by atoms with Crippen molar-refractivity contribution in [2.45, 2.75) is 0 Å². The first kappa shape index (κ1) is 33.0. The Hall–Kier alpha value is -7.41.